The second-order valence-corrected chi connectivity index (χ2v) is 9.14. The number of thiazole rings is 1. The third-order valence-electron chi connectivity index (χ3n) is 6.35. The van der Waals surface area contributed by atoms with E-state index < -0.39 is 0 Å². The maximum atomic E-state index is 5.66. The van der Waals surface area contributed by atoms with Gasteiger partial charge in [0.05, 0.1) is 32.7 Å². The molecule has 3 atom stereocenters. The fourth-order valence-electron chi connectivity index (χ4n) is 4.63. The van der Waals surface area contributed by atoms with E-state index in [0.29, 0.717) is 17.8 Å². The fraction of sp³-hybridized carbons (Fsp3) is 0.308. The monoisotopic (exact) mass is 461 g/mol. The van der Waals surface area contributed by atoms with Gasteiger partial charge in [0, 0.05) is 29.1 Å². The van der Waals surface area contributed by atoms with Gasteiger partial charge in [-0.1, -0.05) is 18.2 Å². The smallest absolute Gasteiger partial charge is 0.211 e. The van der Waals surface area contributed by atoms with E-state index in [2.05, 4.69) is 23.7 Å². The molecule has 0 spiro atoms. The Kier molecular flexibility index (Phi) is 6.05. The zero-order valence-corrected chi connectivity index (χ0v) is 19.8. The molecule has 1 saturated carbocycles. The number of benzene rings is 2. The zero-order chi connectivity index (χ0) is 22.8. The summed E-state index contributed by atoms with van der Waals surface area (Å²) in [6, 6.07) is 13.5. The van der Waals surface area contributed by atoms with Crippen molar-refractivity contribution in [3.63, 3.8) is 0 Å². The summed E-state index contributed by atoms with van der Waals surface area (Å²) < 4.78 is 18.4. The van der Waals surface area contributed by atoms with Crippen LogP contribution in [-0.2, 0) is 0 Å². The first-order valence-corrected chi connectivity index (χ1v) is 11.9. The lowest BCUT2D eigenvalue weighted by Crippen LogP contribution is -2.15. The molecule has 7 heteroatoms. The highest BCUT2D eigenvalue weighted by atomic mass is 32.1. The average molecular weight is 462 g/mol. The van der Waals surface area contributed by atoms with Crippen LogP contribution in [0.2, 0.25) is 0 Å². The normalized spacial score (nSPS) is 21.8. The van der Waals surface area contributed by atoms with E-state index in [-0.39, 0.29) is 0 Å². The molecular weight excluding hydrogens is 434 g/mol. The van der Waals surface area contributed by atoms with Gasteiger partial charge >= 0.3 is 0 Å². The Labute approximate surface area is 197 Å². The summed E-state index contributed by atoms with van der Waals surface area (Å²) >= 11 is 1.54. The summed E-state index contributed by atoms with van der Waals surface area (Å²) in [7, 11) is 5.00. The lowest BCUT2D eigenvalue weighted by Gasteiger charge is -2.14. The number of methoxy groups -OCH3 is 3. The Hall–Kier alpha value is -3.32. The van der Waals surface area contributed by atoms with Gasteiger partial charge in [0.15, 0.2) is 0 Å². The topological polar surface area (TPSA) is 57.3 Å². The average Bonchev–Trinajstić information content (AvgIpc) is 3.58. The third kappa shape index (κ3) is 4.33. The molecule has 0 amide bonds. The minimum absolute atomic E-state index is 0.456. The Morgan fingerprint density at radius 1 is 0.970 bits per heavy atom. The Morgan fingerprint density at radius 3 is 2.55 bits per heavy atom. The SMILES string of the molecule is COc1cccc(N=c2scc(-c3cc(OC)ccc3OC)n2N=CC2CC3C=CC2C3)c1. The molecule has 170 valence electrons. The molecule has 3 unspecified atom stereocenters. The van der Waals surface area contributed by atoms with E-state index in [1.54, 1.807) is 32.7 Å². The van der Waals surface area contributed by atoms with Gasteiger partial charge in [-0.15, -0.1) is 11.3 Å². The molecule has 1 aromatic heterocycles. The highest BCUT2D eigenvalue weighted by Gasteiger charge is 2.34. The first kappa shape index (κ1) is 21.5. The van der Waals surface area contributed by atoms with Crippen molar-refractivity contribution in [1.29, 1.82) is 0 Å². The summed E-state index contributed by atoms with van der Waals surface area (Å²) in [5, 5.41) is 7.02. The summed E-state index contributed by atoms with van der Waals surface area (Å²) in [6.45, 7) is 0. The Bertz CT molecular complexity index is 1270. The van der Waals surface area contributed by atoms with Crippen molar-refractivity contribution in [3.05, 3.63) is 64.8 Å². The van der Waals surface area contributed by atoms with Crippen LogP contribution in [0.1, 0.15) is 12.8 Å². The van der Waals surface area contributed by atoms with Crippen molar-refractivity contribution in [1.82, 2.24) is 4.68 Å². The van der Waals surface area contributed by atoms with Gasteiger partial charge in [0.1, 0.15) is 17.2 Å². The lowest BCUT2D eigenvalue weighted by atomic mass is 9.95. The summed E-state index contributed by atoms with van der Waals surface area (Å²) in [5.74, 6) is 4.03. The summed E-state index contributed by atoms with van der Waals surface area (Å²) in [4.78, 5) is 5.66. The van der Waals surface area contributed by atoms with Crippen LogP contribution in [0.25, 0.3) is 11.3 Å². The van der Waals surface area contributed by atoms with Gasteiger partial charge in [0.25, 0.3) is 0 Å². The molecule has 1 fully saturated rings. The van der Waals surface area contributed by atoms with E-state index in [9.17, 15) is 0 Å². The van der Waals surface area contributed by atoms with E-state index in [1.807, 2.05) is 47.1 Å². The first-order valence-electron chi connectivity index (χ1n) is 11.0. The van der Waals surface area contributed by atoms with Gasteiger partial charge in [-0.2, -0.15) is 5.10 Å². The molecule has 33 heavy (non-hydrogen) atoms. The maximum Gasteiger partial charge on any atom is 0.211 e. The van der Waals surface area contributed by atoms with Gasteiger partial charge in [0.2, 0.25) is 4.80 Å². The molecule has 3 aromatic rings. The molecule has 2 bridgehead atoms. The Balaban J connectivity index is 1.62. The van der Waals surface area contributed by atoms with Crippen molar-refractivity contribution in [2.75, 3.05) is 21.3 Å². The van der Waals surface area contributed by atoms with E-state index >= 15 is 0 Å². The van der Waals surface area contributed by atoms with Crippen LogP contribution in [-0.4, -0.2) is 32.2 Å². The van der Waals surface area contributed by atoms with Crippen molar-refractivity contribution in [3.8, 4) is 28.5 Å². The molecule has 2 aliphatic carbocycles. The largest absolute Gasteiger partial charge is 0.497 e. The number of nitrogens with zero attached hydrogens (tertiary/aromatic N) is 3. The van der Waals surface area contributed by atoms with E-state index in [4.69, 9.17) is 24.3 Å². The first-order chi connectivity index (χ1) is 16.2. The number of fused-ring (bicyclic) bond motifs is 2. The molecule has 0 radical (unpaired) electrons. The van der Waals surface area contributed by atoms with Crippen LogP contribution in [0, 0.1) is 17.8 Å². The molecule has 0 aliphatic heterocycles. The highest BCUT2D eigenvalue weighted by Crippen LogP contribution is 2.42. The third-order valence-corrected chi connectivity index (χ3v) is 7.17. The molecular formula is C26H27N3O3S. The quantitative estimate of drug-likeness (QED) is 0.344. The van der Waals surface area contributed by atoms with Crippen LogP contribution >= 0.6 is 11.3 Å². The van der Waals surface area contributed by atoms with E-state index in [1.165, 1.54) is 6.42 Å². The van der Waals surface area contributed by atoms with Gasteiger partial charge < -0.3 is 14.2 Å². The standard InChI is InChI=1S/C26H27N3O3S/c1-30-21-6-4-5-20(13-21)28-26-29(27-15-19-12-17-7-8-18(19)11-17)24(16-33-26)23-14-22(31-2)9-10-25(23)32-3/h4-10,13-19H,11-12H2,1-3H3. The number of allylic oxidation sites excluding steroid dienone is 2. The van der Waals surface area contributed by atoms with Gasteiger partial charge in [-0.25, -0.2) is 9.67 Å². The van der Waals surface area contributed by atoms with Crippen molar-refractivity contribution in [2.45, 2.75) is 12.8 Å². The number of ether oxygens (including phenoxy) is 3. The lowest BCUT2D eigenvalue weighted by molar-refractivity contribution is 0.404. The Morgan fingerprint density at radius 2 is 1.82 bits per heavy atom. The number of aromatic nitrogens is 1. The second-order valence-electron chi connectivity index (χ2n) is 8.30. The molecule has 0 saturated heterocycles. The van der Waals surface area contributed by atoms with Crippen LogP contribution in [0.4, 0.5) is 5.69 Å². The zero-order valence-electron chi connectivity index (χ0n) is 19.0. The van der Waals surface area contributed by atoms with Crippen molar-refractivity contribution in [2.24, 2.45) is 27.8 Å². The molecule has 2 aliphatic rings. The molecule has 0 N–H and O–H groups in total. The molecule has 5 rings (SSSR count). The fourth-order valence-corrected chi connectivity index (χ4v) is 5.47. The van der Waals surface area contributed by atoms with E-state index in [0.717, 1.165) is 45.4 Å². The number of hydrogen-bond acceptors (Lipinski definition) is 6. The number of hydrogen-bond donors (Lipinski definition) is 0. The molecule has 2 aromatic carbocycles. The van der Waals surface area contributed by atoms with Crippen LogP contribution < -0.4 is 19.0 Å². The van der Waals surface area contributed by atoms with Crippen LogP contribution in [0.15, 0.2) is 70.1 Å². The highest BCUT2D eigenvalue weighted by molar-refractivity contribution is 7.07. The van der Waals surface area contributed by atoms with Crippen LogP contribution in [0.5, 0.6) is 17.2 Å². The molecule has 1 heterocycles. The number of rotatable bonds is 7. The van der Waals surface area contributed by atoms with Crippen molar-refractivity contribution < 1.29 is 14.2 Å². The summed E-state index contributed by atoms with van der Waals surface area (Å²) in [6.07, 6.45) is 9.19. The second kappa shape index (κ2) is 9.27. The van der Waals surface area contributed by atoms with Gasteiger partial charge in [-0.05, 0) is 55.0 Å². The predicted octanol–water partition coefficient (Wildman–Crippen LogP) is 5.52. The van der Waals surface area contributed by atoms with Gasteiger partial charge in [-0.3, -0.25) is 0 Å². The predicted molar refractivity (Wildman–Crippen MR) is 132 cm³/mol. The summed E-state index contributed by atoms with van der Waals surface area (Å²) in [5.41, 5.74) is 2.63. The minimum Gasteiger partial charge on any atom is -0.497 e. The maximum absolute atomic E-state index is 5.66. The minimum atomic E-state index is 0.456. The molecule has 6 nitrogen and oxygen atoms in total. The van der Waals surface area contributed by atoms with Crippen molar-refractivity contribution >= 4 is 23.2 Å². The van der Waals surface area contributed by atoms with Crippen LogP contribution in [0.3, 0.4) is 0 Å².